The molecular weight excluding hydrogens is 226 g/mol. The minimum absolute atomic E-state index is 0.00765. The lowest BCUT2D eigenvalue weighted by Crippen LogP contribution is -2.28. The molecule has 0 bridgehead atoms. The molecule has 1 heterocycles. The van der Waals surface area contributed by atoms with Crippen LogP contribution in [0, 0.1) is 0 Å². The number of rotatable bonds is 3. The zero-order valence-electron chi connectivity index (χ0n) is 7.33. The topological polar surface area (TPSA) is 130 Å². The van der Waals surface area contributed by atoms with Crippen molar-refractivity contribution < 1.29 is 20.1 Å². The Morgan fingerprint density at radius 1 is 1.53 bits per heavy atom. The van der Waals surface area contributed by atoms with Crippen LogP contribution in [0.4, 0.5) is 5.82 Å². The van der Waals surface area contributed by atoms with Crippen molar-refractivity contribution >= 4 is 23.4 Å². The summed E-state index contributed by atoms with van der Waals surface area (Å²) in [6, 6.07) is 0. The SMILES string of the molecule is Nc1nc(Cl)cnc1C(O)C(O)C(=O)O. The van der Waals surface area contributed by atoms with Crippen LogP contribution in [0.25, 0.3) is 0 Å². The smallest absolute Gasteiger partial charge is 0.335 e. The van der Waals surface area contributed by atoms with Gasteiger partial charge in [-0.15, -0.1) is 0 Å². The summed E-state index contributed by atoms with van der Waals surface area (Å²) in [4.78, 5) is 17.5. The van der Waals surface area contributed by atoms with E-state index < -0.39 is 18.2 Å². The molecule has 0 amide bonds. The van der Waals surface area contributed by atoms with Crippen LogP contribution < -0.4 is 5.73 Å². The monoisotopic (exact) mass is 233 g/mol. The molecule has 15 heavy (non-hydrogen) atoms. The van der Waals surface area contributed by atoms with Gasteiger partial charge in [0.05, 0.1) is 6.20 Å². The van der Waals surface area contributed by atoms with Gasteiger partial charge >= 0.3 is 5.97 Å². The number of nitrogens with zero attached hydrogens (tertiary/aromatic N) is 2. The van der Waals surface area contributed by atoms with Gasteiger partial charge in [0.1, 0.15) is 22.8 Å². The molecule has 0 aliphatic rings. The van der Waals surface area contributed by atoms with Gasteiger partial charge in [-0.2, -0.15) is 0 Å². The molecule has 2 unspecified atom stereocenters. The normalized spacial score (nSPS) is 14.6. The zero-order chi connectivity index (χ0) is 11.6. The molecular formula is C7H8ClN3O4. The van der Waals surface area contributed by atoms with Crippen LogP contribution in [0.1, 0.15) is 11.8 Å². The van der Waals surface area contributed by atoms with E-state index in [4.69, 9.17) is 27.5 Å². The summed E-state index contributed by atoms with van der Waals surface area (Å²) in [5, 5.41) is 26.9. The maximum Gasteiger partial charge on any atom is 0.335 e. The van der Waals surface area contributed by atoms with Crippen molar-refractivity contribution in [3.05, 3.63) is 17.0 Å². The van der Waals surface area contributed by atoms with Crippen LogP contribution in [-0.4, -0.2) is 37.4 Å². The number of hydrogen-bond acceptors (Lipinski definition) is 6. The molecule has 0 spiro atoms. The minimum atomic E-state index is -2.01. The van der Waals surface area contributed by atoms with Crippen molar-refractivity contribution in [2.45, 2.75) is 12.2 Å². The van der Waals surface area contributed by atoms with Gasteiger partial charge in [-0.05, 0) is 0 Å². The fraction of sp³-hybridized carbons (Fsp3) is 0.286. The average molecular weight is 234 g/mol. The molecule has 1 aromatic heterocycles. The number of aliphatic hydroxyl groups is 2. The Morgan fingerprint density at radius 2 is 2.13 bits per heavy atom. The predicted molar refractivity (Wildman–Crippen MR) is 50.1 cm³/mol. The number of anilines is 1. The lowest BCUT2D eigenvalue weighted by atomic mass is 10.1. The van der Waals surface area contributed by atoms with Crippen LogP contribution in [-0.2, 0) is 4.79 Å². The number of nitrogen functional groups attached to an aromatic ring is 1. The van der Waals surface area contributed by atoms with Crippen molar-refractivity contribution in [1.29, 1.82) is 0 Å². The first kappa shape index (κ1) is 11.6. The molecule has 2 atom stereocenters. The summed E-state index contributed by atoms with van der Waals surface area (Å²) in [6.45, 7) is 0. The highest BCUT2D eigenvalue weighted by Gasteiger charge is 2.28. The van der Waals surface area contributed by atoms with Crippen LogP contribution in [0.3, 0.4) is 0 Å². The highest BCUT2D eigenvalue weighted by molar-refractivity contribution is 6.29. The standard InChI is InChI=1S/C7H8ClN3O4/c8-2-1-10-3(6(9)11-2)4(12)5(13)7(14)15/h1,4-5,12-13H,(H2,9,11)(H,14,15). The molecule has 0 aliphatic carbocycles. The van der Waals surface area contributed by atoms with Crippen molar-refractivity contribution in [2.24, 2.45) is 0 Å². The number of aromatic nitrogens is 2. The summed E-state index contributed by atoms with van der Waals surface area (Å²) in [7, 11) is 0. The second-order valence-corrected chi connectivity index (χ2v) is 3.08. The van der Waals surface area contributed by atoms with Gasteiger partial charge in [-0.1, -0.05) is 11.6 Å². The Kier molecular flexibility index (Phi) is 3.40. The average Bonchev–Trinajstić information content (AvgIpc) is 2.15. The molecule has 0 saturated carbocycles. The molecule has 0 radical (unpaired) electrons. The van der Waals surface area contributed by atoms with Gasteiger partial charge in [0.25, 0.3) is 0 Å². The maximum absolute atomic E-state index is 10.4. The van der Waals surface area contributed by atoms with Crippen molar-refractivity contribution in [1.82, 2.24) is 9.97 Å². The Morgan fingerprint density at radius 3 is 2.60 bits per heavy atom. The number of carboxylic acid groups (broad SMARTS) is 1. The molecule has 8 heteroatoms. The number of nitrogens with two attached hydrogens (primary N) is 1. The van der Waals surface area contributed by atoms with Crippen molar-refractivity contribution in [3.8, 4) is 0 Å². The third kappa shape index (κ3) is 2.52. The summed E-state index contributed by atoms with van der Waals surface area (Å²) in [5.41, 5.74) is 5.11. The highest BCUT2D eigenvalue weighted by atomic mass is 35.5. The van der Waals surface area contributed by atoms with Crippen molar-refractivity contribution in [3.63, 3.8) is 0 Å². The molecule has 1 rings (SSSR count). The van der Waals surface area contributed by atoms with E-state index in [1.165, 1.54) is 0 Å². The quantitative estimate of drug-likeness (QED) is 0.537. The molecule has 82 valence electrons. The number of carbonyl (C=O) groups is 1. The second kappa shape index (κ2) is 4.39. The third-order valence-electron chi connectivity index (χ3n) is 1.63. The third-order valence-corrected chi connectivity index (χ3v) is 1.81. The molecule has 0 aliphatic heterocycles. The van der Waals surface area contributed by atoms with Crippen LogP contribution in [0.5, 0.6) is 0 Å². The Balaban J connectivity index is 3.01. The number of carboxylic acids is 1. The van der Waals surface area contributed by atoms with Crippen LogP contribution in [0.15, 0.2) is 6.20 Å². The van der Waals surface area contributed by atoms with Crippen molar-refractivity contribution in [2.75, 3.05) is 5.73 Å². The lowest BCUT2D eigenvalue weighted by molar-refractivity contribution is -0.153. The van der Waals surface area contributed by atoms with E-state index in [9.17, 15) is 9.90 Å². The number of hydrogen-bond donors (Lipinski definition) is 4. The molecule has 0 fully saturated rings. The van der Waals surface area contributed by atoms with Gasteiger partial charge in [0.2, 0.25) is 0 Å². The Hall–Kier alpha value is -1.44. The fourth-order valence-electron chi connectivity index (χ4n) is 0.903. The van der Waals surface area contributed by atoms with Gasteiger partial charge in [0.15, 0.2) is 6.10 Å². The van der Waals surface area contributed by atoms with Gasteiger partial charge < -0.3 is 21.1 Å². The molecule has 0 saturated heterocycles. The first-order valence-electron chi connectivity index (χ1n) is 3.80. The van der Waals surface area contributed by atoms with E-state index in [2.05, 4.69) is 9.97 Å². The zero-order valence-corrected chi connectivity index (χ0v) is 8.09. The molecule has 5 N–H and O–H groups in total. The van der Waals surface area contributed by atoms with E-state index in [-0.39, 0.29) is 16.7 Å². The van der Waals surface area contributed by atoms with Gasteiger partial charge in [-0.3, -0.25) is 4.98 Å². The van der Waals surface area contributed by atoms with E-state index in [1.807, 2.05) is 0 Å². The van der Waals surface area contributed by atoms with E-state index >= 15 is 0 Å². The summed E-state index contributed by atoms with van der Waals surface area (Å²) in [6.07, 6.45) is -2.67. The maximum atomic E-state index is 10.4. The highest BCUT2D eigenvalue weighted by Crippen LogP contribution is 2.20. The predicted octanol–water partition coefficient (Wildman–Crippen LogP) is -0.809. The van der Waals surface area contributed by atoms with E-state index in [0.29, 0.717) is 0 Å². The largest absolute Gasteiger partial charge is 0.479 e. The molecule has 1 aromatic rings. The second-order valence-electron chi connectivity index (χ2n) is 2.69. The van der Waals surface area contributed by atoms with Crippen LogP contribution in [0.2, 0.25) is 5.15 Å². The van der Waals surface area contributed by atoms with E-state index in [1.54, 1.807) is 0 Å². The van der Waals surface area contributed by atoms with Gasteiger partial charge in [0, 0.05) is 0 Å². The number of halogens is 1. The number of aliphatic carboxylic acids is 1. The summed E-state index contributed by atoms with van der Waals surface area (Å²) >= 11 is 5.45. The molecule has 7 nitrogen and oxygen atoms in total. The first-order valence-corrected chi connectivity index (χ1v) is 4.18. The fourth-order valence-corrected chi connectivity index (χ4v) is 1.04. The summed E-state index contributed by atoms with van der Waals surface area (Å²) in [5.74, 6) is -1.81. The Bertz CT molecular complexity index is 386. The first-order chi connectivity index (χ1) is 6.93. The van der Waals surface area contributed by atoms with Crippen LogP contribution >= 0.6 is 11.6 Å². The molecule has 0 aromatic carbocycles. The van der Waals surface area contributed by atoms with Gasteiger partial charge in [-0.25, -0.2) is 9.78 Å². The minimum Gasteiger partial charge on any atom is -0.479 e. The van der Waals surface area contributed by atoms with E-state index in [0.717, 1.165) is 6.20 Å². The lowest BCUT2D eigenvalue weighted by Gasteiger charge is -2.14. The Labute approximate surface area is 89.2 Å². The summed E-state index contributed by atoms with van der Waals surface area (Å²) < 4.78 is 0. The number of aliphatic hydroxyl groups excluding tert-OH is 2.